The molecule has 24 heavy (non-hydrogen) atoms. The molecule has 126 valence electrons. The van der Waals surface area contributed by atoms with Gasteiger partial charge in [-0.1, -0.05) is 30.3 Å². The molecule has 0 bridgehead atoms. The minimum Gasteiger partial charge on any atom is -0.435 e. The van der Waals surface area contributed by atoms with Crippen LogP contribution in [-0.2, 0) is 6.54 Å². The molecule has 2 aromatic carbocycles. The monoisotopic (exact) mass is 333 g/mol. The van der Waals surface area contributed by atoms with Gasteiger partial charge >= 0.3 is 6.61 Å². The third kappa shape index (κ3) is 4.38. The van der Waals surface area contributed by atoms with Gasteiger partial charge in [0.25, 0.3) is 5.91 Å². The third-order valence-electron chi connectivity index (χ3n) is 3.45. The molecule has 4 nitrogen and oxygen atoms in total. The third-order valence-corrected chi connectivity index (χ3v) is 3.45. The van der Waals surface area contributed by atoms with E-state index in [0.717, 1.165) is 5.56 Å². The fourth-order valence-corrected chi connectivity index (χ4v) is 2.30. The summed E-state index contributed by atoms with van der Waals surface area (Å²) in [5.41, 5.74) is 1.47. The van der Waals surface area contributed by atoms with Gasteiger partial charge in [0.1, 0.15) is 5.75 Å². The molecule has 2 rings (SSSR count). The molecular weight excluding hydrogens is 316 g/mol. The molecular formula is C18H17F2NO3. The molecule has 0 N–H and O–H groups in total. The van der Waals surface area contributed by atoms with Gasteiger partial charge < -0.3 is 9.64 Å². The van der Waals surface area contributed by atoms with Crippen LogP contribution in [0.2, 0.25) is 0 Å². The Kier molecular flexibility index (Phi) is 5.63. The molecule has 2 aromatic rings. The van der Waals surface area contributed by atoms with E-state index in [2.05, 4.69) is 4.74 Å². The van der Waals surface area contributed by atoms with Gasteiger partial charge in [-0.3, -0.25) is 9.59 Å². The van der Waals surface area contributed by atoms with Gasteiger partial charge in [-0.25, -0.2) is 0 Å². The van der Waals surface area contributed by atoms with Gasteiger partial charge in [0, 0.05) is 19.2 Å². The van der Waals surface area contributed by atoms with Crippen molar-refractivity contribution in [1.29, 1.82) is 0 Å². The maximum absolute atomic E-state index is 12.5. The maximum Gasteiger partial charge on any atom is 0.387 e. The summed E-state index contributed by atoms with van der Waals surface area (Å²) >= 11 is 0. The van der Waals surface area contributed by atoms with Crippen LogP contribution in [0.4, 0.5) is 8.78 Å². The Bertz CT molecular complexity index is 729. The molecule has 0 aliphatic carbocycles. The van der Waals surface area contributed by atoms with Gasteiger partial charge in [0.15, 0.2) is 5.78 Å². The second-order valence-corrected chi connectivity index (χ2v) is 5.29. The molecule has 0 unspecified atom stereocenters. The van der Waals surface area contributed by atoms with E-state index in [4.69, 9.17) is 0 Å². The summed E-state index contributed by atoms with van der Waals surface area (Å²) in [5.74, 6) is -0.404. The van der Waals surface area contributed by atoms with Gasteiger partial charge in [0.2, 0.25) is 0 Å². The van der Waals surface area contributed by atoms with Crippen molar-refractivity contribution < 1.29 is 23.1 Å². The van der Waals surface area contributed by atoms with Crippen molar-refractivity contribution in [2.24, 2.45) is 0 Å². The zero-order valence-corrected chi connectivity index (χ0v) is 13.3. The zero-order chi connectivity index (χ0) is 17.7. The summed E-state index contributed by atoms with van der Waals surface area (Å²) in [5, 5.41) is 0. The first-order valence-corrected chi connectivity index (χ1v) is 7.27. The summed E-state index contributed by atoms with van der Waals surface area (Å²) in [7, 11) is 1.61. The molecule has 0 heterocycles. The highest BCUT2D eigenvalue weighted by Crippen LogP contribution is 2.17. The van der Waals surface area contributed by atoms with Crippen LogP contribution in [0, 0.1) is 0 Å². The van der Waals surface area contributed by atoms with E-state index >= 15 is 0 Å². The smallest absolute Gasteiger partial charge is 0.387 e. The van der Waals surface area contributed by atoms with E-state index in [1.165, 1.54) is 24.0 Å². The molecule has 1 amide bonds. The molecule has 0 atom stereocenters. The van der Waals surface area contributed by atoms with E-state index in [-0.39, 0.29) is 24.0 Å². The van der Waals surface area contributed by atoms with E-state index in [1.54, 1.807) is 43.4 Å². The first-order chi connectivity index (χ1) is 11.4. The number of Topliss-reactive ketones (excluding diaryl/α,β-unsaturated/α-hetero) is 1. The number of alkyl halides is 2. The van der Waals surface area contributed by atoms with Crippen LogP contribution in [0.5, 0.6) is 5.75 Å². The lowest BCUT2D eigenvalue weighted by molar-refractivity contribution is -0.0498. The van der Waals surface area contributed by atoms with Crippen LogP contribution in [0.3, 0.4) is 0 Å². The summed E-state index contributed by atoms with van der Waals surface area (Å²) < 4.78 is 28.5. The standard InChI is InChI=1S/C18H17F2NO3/c1-12(22)15-5-3-4-6-16(15)17(23)21(2)11-13-7-9-14(10-8-13)24-18(19)20/h3-10,18H,11H2,1-2H3. The number of halogens is 2. The van der Waals surface area contributed by atoms with E-state index in [0.29, 0.717) is 11.1 Å². The SMILES string of the molecule is CC(=O)c1ccccc1C(=O)N(C)Cc1ccc(OC(F)F)cc1. The predicted molar refractivity (Wildman–Crippen MR) is 85.3 cm³/mol. The largest absolute Gasteiger partial charge is 0.435 e. The van der Waals surface area contributed by atoms with Crippen molar-refractivity contribution in [2.45, 2.75) is 20.1 Å². The van der Waals surface area contributed by atoms with Crippen LogP contribution in [0.15, 0.2) is 48.5 Å². The summed E-state index contributed by atoms with van der Waals surface area (Å²) in [6.45, 7) is -1.18. The Morgan fingerprint density at radius 3 is 2.17 bits per heavy atom. The Morgan fingerprint density at radius 2 is 1.62 bits per heavy atom. The highest BCUT2D eigenvalue weighted by atomic mass is 19.3. The molecule has 0 radical (unpaired) electrons. The lowest BCUT2D eigenvalue weighted by Crippen LogP contribution is -2.27. The fourth-order valence-electron chi connectivity index (χ4n) is 2.30. The van der Waals surface area contributed by atoms with E-state index in [9.17, 15) is 18.4 Å². The average Bonchev–Trinajstić information content (AvgIpc) is 2.55. The van der Waals surface area contributed by atoms with Gasteiger partial charge in [-0.2, -0.15) is 8.78 Å². The van der Waals surface area contributed by atoms with Gasteiger partial charge in [-0.15, -0.1) is 0 Å². The summed E-state index contributed by atoms with van der Waals surface area (Å²) in [6, 6.07) is 12.7. The maximum atomic E-state index is 12.5. The van der Waals surface area contributed by atoms with Crippen LogP contribution in [-0.4, -0.2) is 30.2 Å². The minimum atomic E-state index is -2.87. The van der Waals surface area contributed by atoms with Crippen LogP contribution in [0.1, 0.15) is 33.2 Å². The lowest BCUT2D eigenvalue weighted by atomic mass is 10.0. The Morgan fingerprint density at radius 1 is 1.04 bits per heavy atom. The van der Waals surface area contributed by atoms with Crippen LogP contribution < -0.4 is 4.74 Å². The van der Waals surface area contributed by atoms with E-state index in [1.807, 2.05) is 0 Å². The number of hydrogen-bond acceptors (Lipinski definition) is 3. The second-order valence-electron chi connectivity index (χ2n) is 5.29. The minimum absolute atomic E-state index is 0.0599. The average molecular weight is 333 g/mol. The Labute approximate surface area is 138 Å². The quantitative estimate of drug-likeness (QED) is 0.756. The first kappa shape index (κ1) is 17.6. The number of benzene rings is 2. The topological polar surface area (TPSA) is 46.6 Å². The molecule has 0 saturated carbocycles. The molecule has 0 fully saturated rings. The highest BCUT2D eigenvalue weighted by molar-refractivity contribution is 6.07. The second kappa shape index (κ2) is 7.68. The number of rotatable bonds is 6. The number of carbonyl (C=O) groups excluding carboxylic acids is 2. The zero-order valence-electron chi connectivity index (χ0n) is 13.3. The number of amides is 1. The first-order valence-electron chi connectivity index (χ1n) is 7.27. The van der Waals surface area contributed by atoms with Crippen molar-refractivity contribution in [2.75, 3.05) is 7.05 Å². The van der Waals surface area contributed by atoms with E-state index < -0.39 is 6.61 Å². The van der Waals surface area contributed by atoms with Gasteiger partial charge in [0.05, 0.1) is 5.56 Å². The Hall–Kier alpha value is -2.76. The van der Waals surface area contributed by atoms with Crippen LogP contribution >= 0.6 is 0 Å². The van der Waals surface area contributed by atoms with Crippen molar-refractivity contribution in [1.82, 2.24) is 4.90 Å². The van der Waals surface area contributed by atoms with Crippen LogP contribution in [0.25, 0.3) is 0 Å². The van der Waals surface area contributed by atoms with Crippen molar-refractivity contribution >= 4 is 11.7 Å². The van der Waals surface area contributed by atoms with Crippen molar-refractivity contribution in [3.05, 3.63) is 65.2 Å². The molecule has 0 spiro atoms. The van der Waals surface area contributed by atoms with Crippen molar-refractivity contribution in [3.63, 3.8) is 0 Å². The summed E-state index contributed by atoms with van der Waals surface area (Å²) in [4.78, 5) is 25.6. The lowest BCUT2D eigenvalue weighted by Gasteiger charge is -2.19. The predicted octanol–water partition coefficient (Wildman–Crippen LogP) is 3.76. The van der Waals surface area contributed by atoms with Crippen molar-refractivity contribution in [3.8, 4) is 5.75 Å². The summed E-state index contributed by atoms with van der Waals surface area (Å²) in [6.07, 6.45) is 0. The Balaban J connectivity index is 2.11. The normalized spacial score (nSPS) is 10.5. The number of nitrogens with zero attached hydrogens (tertiary/aromatic N) is 1. The number of carbonyl (C=O) groups is 2. The number of ketones is 1. The molecule has 0 aliphatic rings. The molecule has 0 aromatic heterocycles. The molecule has 0 aliphatic heterocycles. The molecule has 6 heteroatoms. The number of hydrogen-bond donors (Lipinski definition) is 0. The molecule has 0 saturated heterocycles. The number of ether oxygens (including phenoxy) is 1. The van der Waals surface area contributed by atoms with Gasteiger partial charge in [-0.05, 0) is 30.7 Å². The highest BCUT2D eigenvalue weighted by Gasteiger charge is 2.17. The fraction of sp³-hybridized carbons (Fsp3) is 0.222.